The largest absolute Gasteiger partial charge is 0.416 e. The van der Waals surface area contributed by atoms with E-state index in [4.69, 9.17) is 0 Å². The maximum atomic E-state index is 13.3. The van der Waals surface area contributed by atoms with E-state index in [2.05, 4.69) is 10.6 Å². The second-order valence-electron chi connectivity index (χ2n) is 4.60. The van der Waals surface area contributed by atoms with Crippen molar-refractivity contribution in [3.63, 3.8) is 0 Å². The van der Waals surface area contributed by atoms with Crippen molar-refractivity contribution in [2.24, 2.45) is 0 Å². The van der Waals surface area contributed by atoms with Crippen LogP contribution in [0, 0.1) is 11.6 Å². The number of rotatable bonds is 4. The van der Waals surface area contributed by atoms with E-state index in [1.165, 1.54) is 12.1 Å². The summed E-state index contributed by atoms with van der Waals surface area (Å²) in [6, 6.07) is 6.78. The van der Waals surface area contributed by atoms with Crippen LogP contribution in [-0.2, 0) is 11.0 Å². The van der Waals surface area contributed by atoms with Crippen molar-refractivity contribution in [3.8, 4) is 0 Å². The summed E-state index contributed by atoms with van der Waals surface area (Å²) in [7, 11) is 0. The Morgan fingerprint density at radius 2 is 1.65 bits per heavy atom. The molecule has 2 N–H and O–H groups in total. The quantitative estimate of drug-likeness (QED) is 0.831. The van der Waals surface area contributed by atoms with Crippen molar-refractivity contribution in [2.45, 2.75) is 6.18 Å². The molecule has 8 heteroatoms. The van der Waals surface area contributed by atoms with Gasteiger partial charge >= 0.3 is 6.18 Å². The first-order valence-corrected chi connectivity index (χ1v) is 6.42. The molecule has 3 nitrogen and oxygen atoms in total. The van der Waals surface area contributed by atoms with Crippen LogP contribution in [0.15, 0.2) is 42.5 Å². The normalized spacial score (nSPS) is 11.2. The van der Waals surface area contributed by atoms with E-state index < -0.39 is 29.3 Å². The molecule has 0 spiro atoms. The number of carbonyl (C=O) groups is 1. The molecule has 0 saturated carbocycles. The molecule has 0 aliphatic carbocycles. The number of hydrogen-bond acceptors (Lipinski definition) is 2. The van der Waals surface area contributed by atoms with Crippen LogP contribution in [0.25, 0.3) is 0 Å². The lowest BCUT2D eigenvalue weighted by Crippen LogP contribution is -2.22. The Bertz CT molecular complexity index is 698. The zero-order chi connectivity index (χ0) is 17.0. The van der Waals surface area contributed by atoms with Crippen LogP contribution in [0.4, 0.5) is 33.3 Å². The van der Waals surface area contributed by atoms with Gasteiger partial charge in [0.05, 0.1) is 17.8 Å². The van der Waals surface area contributed by atoms with E-state index in [0.29, 0.717) is 11.8 Å². The second kappa shape index (κ2) is 6.64. The first-order valence-electron chi connectivity index (χ1n) is 6.42. The minimum absolute atomic E-state index is 0.189. The summed E-state index contributed by atoms with van der Waals surface area (Å²) < 4.78 is 63.3. The fraction of sp³-hybridized carbons (Fsp3) is 0.133. The number of amides is 1. The van der Waals surface area contributed by atoms with E-state index in [-0.39, 0.29) is 12.2 Å². The van der Waals surface area contributed by atoms with Gasteiger partial charge < -0.3 is 10.6 Å². The van der Waals surface area contributed by atoms with Gasteiger partial charge in [0.25, 0.3) is 0 Å². The van der Waals surface area contributed by atoms with Crippen LogP contribution in [0.5, 0.6) is 0 Å². The van der Waals surface area contributed by atoms with Gasteiger partial charge in [-0.1, -0.05) is 0 Å². The molecule has 0 radical (unpaired) electrons. The summed E-state index contributed by atoms with van der Waals surface area (Å²) >= 11 is 0. The lowest BCUT2D eigenvalue weighted by molar-refractivity contribution is -0.137. The number of alkyl halides is 3. The predicted molar refractivity (Wildman–Crippen MR) is 74.9 cm³/mol. The number of hydrogen-bond donors (Lipinski definition) is 2. The number of halogens is 5. The standard InChI is InChI=1S/C15H11F5N2O/c16-10-3-6-13(12(17)7-10)22-14(23)8-21-11-4-1-9(2-5-11)15(18,19)20/h1-7,21H,8H2,(H,22,23). The monoisotopic (exact) mass is 330 g/mol. The summed E-state index contributed by atoms with van der Waals surface area (Å²) in [5.41, 5.74) is -0.695. The number of benzene rings is 2. The van der Waals surface area contributed by atoms with E-state index in [9.17, 15) is 26.7 Å². The minimum Gasteiger partial charge on any atom is -0.376 e. The molecule has 2 rings (SSSR count). The highest BCUT2D eigenvalue weighted by atomic mass is 19.4. The molecular formula is C15H11F5N2O. The Morgan fingerprint density at radius 3 is 2.22 bits per heavy atom. The maximum Gasteiger partial charge on any atom is 0.416 e. The average Bonchev–Trinajstić information content (AvgIpc) is 2.47. The predicted octanol–water partition coefficient (Wildman–Crippen LogP) is 4.03. The molecule has 0 fully saturated rings. The summed E-state index contributed by atoms with van der Waals surface area (Å²) in [6.45, 7) is -0.290. The van der Waals surface area contributed by atoms with Gasteiger partial charge in [0.1, 0.15) is 11.6 Å². The third kappa shape index (κ3) is 4.67. The highest BCUT2D eigenvalue weighted by molar-refractivity contribution is 5.93. The first-order chi connectivity index (χ1) is 10.8. The van der Waals surface area contributed by atoms with Gasteiger partial charge in [-0.25, -0.2) is 8.78 Å². The molecule has 0 aliphatic heterocycles. The Morgan fingerprint density at radius 1 is 1.00 bits per heavy atom. The topological polar surface area (TPSA) is 41.1 Å². The summed E-state index contributed by atoms with van der Waals surface area (Å²) in [6.07, 6.45) is -4.43. The van der Waals surface area contributed by atoms with E-state index in [1.54, 1.807) is 0 Å². The van der Waals surface area contributed by atoms with Crippen molar-refractivity contribution in [1.29, 1.82) is 0 Å². The molecule has 0 saturated heterocycles. The smallest absolute Gasteiger partial charge is 0.376 e. The van der Waals surface area contributed by atoms with Gasteiger partial charge in [-0.15, -0.1) is 0 Å². The Balaban J connectivity index is 1.91. The summed E-state index contributed by atoms with van der Waals surface area (Å²) in [5.74, 6) is -2.33. The number of carbonyl (C=O) groups excluding carboxylic acids is 1. The van der Waals surface area contributed by atoms with Crippen molar-refractivity contribution in [1.82, 2.24) is 0 Å². The van der Waals surface area contributed by atoms with Crippen molar-refractivity contribution in [2.75, 3.05) is 17.2 Å². The van der Waals surface area contributed by atoms with Gasteiger partial charge in [0, 0.05) is 11.8 Å². The minimum atomic E-state index is -4.43. The van der Waals surface area contributed by atoms with Crippen LogP contribution in [0.1, 0.15) is 5.56 Å². The Hall–Kier alpha value is -2.64. The highest BCUT2D eigenvalue weighted by Gasteiger charge is 2.29. The van der Waals surface area contributed by atoms with Crippen LogP contribution in [-0.4, -0.2) is 12.5 Å². The molecule has 1 amide bonds. The molecule has 2 aromatic carbocycles. The van der Waals surface area contributed by atoms with E-state index in [0.717, 1.165) is 24.3 Å². The number of nitrogens with one attached hydrogen (secondary N) is 2. The van der Waals surface area contributed by atoms with Crippen LogP contribution in [0.3, 0.4) is 0 Å². The van der Waals surface area contributed by atoms with Gasteiger partial charge in [0.2, 0.25) is 5.91 Å². The van der Waals surface area contributed by atoms with Crippen molar-refractivity contribution in [3.05, 3.63) is 59.7 Å². The Labute approximate surface area is 128 Å². The van der Waals surface area contributed by atoms with Crippen LogP contribution >= 0.6 is 0 Å². The fourth-order valence-corrected chi connectivity index (χ4v) is 1.74. The van der Waals surface area contributed by atoms with E-state index in [1.807, 2.05) is 0 Å². The zero-order valence-corrected chi connectivity index (χ0v) is 11.5. The van der Waals surface area contributed by atoms with E-state index >= 15 is 0 Å². The van der Waals surface area contributed by atoms with Crippen LogP contribution in [0.2, 0.25) is 0 Å². The SMILES string of the molecule is O=C(CNc1ccc(C(F)(F)F)cc1)Nc1ccc(F)cc1F. The summed E-state index contributed by atoms with van der Waals surface area (Å²) in [4.78, 5) is 11.6. The summed E-state index contributed by atoms with van der Waals surface area (Å²) in [5, 5.41) is 4.82. The third-order valence-electron chi connectivity index (χ3n) is 2.87. The molecular weight excluding hydrogens is 319 g/mol. The van der Waals surface area contributed by atoms with Gasteiger partial charge in [-0.3, -0.25) is 4.79 Å². The fourth-order valence-electron chi connectivity index (χ4n) is 1.74. The second-order valence-corrected chi connectivity index (χ2v) is 4.60. The Kier molecular flexibility index (Phi) is 4.83. The first kappa shape index (κ1) is 16.7. The third-order valence-corrected chi connectivity index (χ3v) is 2.87. The lowest BCUT2D eigenvalue weighted by Gasteiger charge is -2.10. The van der Waals surface area contributed by atoms with Gasteiger partial charge in [-0.05, 0) is 36.4 Å². The molecule has 0 unspecified atom stereocenters. The molecule has 122 valence electrons. The maximum absolute atomic E-state index is 13.3. The van der Waals surface area contributed by atoms with Crippen LogP contribution < -0.4 is 10.6 Å². The molecule has 0 heterocycles. The molecule has 23 heavy (non-hydrogen) atoms. The molecule has 0 aliphatic rings. The van der Waals surface area contributed by atoms with Crippen molar-refractivity contribution >= 4 is 17.3 Å². The number of anilines is 2. The molecule has 0 atom stereocenters. The van der Waals surface area contributed by atoms with Gasteiger partial charge in [0.15, 0.2) is 0 Å². The lowest BCUT2D eigenvalue weighted by atomic mass is 10.2. The highest BCUT2D eigenvalue weighted by Crippen LogP contribution is 2.29. The van der Waals surface area contributed by atoms with Crippen molar-refractivity contribution < 1.29 is 26.7 Å². The van der Waals surface area contributed by atoms with Gasteiger partial charge in [-0.2, -0.15) is 13.2 Å². The zero-order valence-electron chi connectivity index (χ0n) is 11.5. The average molecular weight is 330 g/mol. The molecule has 0 bridgehead atoms. The molecule has 0 aromatic heterocycles. The molecule has 2 aromatic rings.